The molecular weight excluding hydrogens is 529 g/mol. The molecule has 2 N–H and O–H groups in total. The Morgan fingerprint density at radius 2 is 1.77 bits per heavy atom. The van der Waals surface area contributed by atoms with E-state index < -0.39 is 23.4 Å². The average molecular weight is 555 g/mol. The number of halogens is 3. The summed E-state index contributed by atoms with van der Waals surface area (Å²) < 4.78 is 59.2. The molecule has 208 valence electrons. The Kier molecular flexibility index (Phi) is 6.93. The summed E-state index contributed by atoms with van der Waals surface area (Å²) in [5, 5.41) is 5.74. The number of nitrogens with zero attached hydrogens (tertiary/aromatic N) is 2. The minimum Gasteiger partial charge on any atom is -0.490 e. The lowest BCUT2D eigenvalue weighted by Gasteiger charge is -2.27. The molecule has 2 amide bonds. The van der Waals surface area contributed by atoms with Gasteiger partial charge in [0.25, 0.3) is 5.91 Å². The number of rotatable bonds is 7. The first-order valence-corrected chi connectivity index (χ1v) is 12.8. The number of carbonyl (C=O) groups excluding carboxylic acids is 2. The van der Waals surface area contributed by atoms with E-state index in [4.69, 9.17) is 14.2 Å². The fraction of sp³-hybridized carbons (Fsp3) is 0.321. The van der Waals surface area contributed by atoms with Crippen LogP contribution >= 0.6 is 0 Å². The van der Waals surface area contributed by atoms with Crippen LogP contribution in [0.15, 0.2) is 48.7 Å². The van der Waals surface area contributed by atoms with Gasteiger partial charge in [0.1, 0.15) is 29.0 Å². The van der Waals surface area contributed by atoms with Crippen molar-refractivity contribution in [1.29, 1.82) is 0 Å². The Morgan fingerprint density at radius 3 is 2.52 bits per heavy atom. The van der Waals surface area contributed by atoms with Gasteiger partial charge in [-0.3, -0.25) is 9.59 Å². The van der Waals surface area contributed by atoms with Gasteiger partial charge in [0, 0.05) is 42.6 Å². The van der Waals surface area contributed by atoms with Gasteiger partial charge < -0.3 is 29.7 Å². The lowest BCUT2D eigenvalue weighted by atomic mass is 10.0. The lowest BCUT2D eigenvalue weighted by Crippen LogP contribution is -2.41. The third-order valence-electron chi connectivity index (χ3n) is 7.22. The second-order valence-electron chi connectivity index (χ2n) is 9.75. The van der Waals surface area contributed by atoms with Crippen molar-refractivity contribution in [3.63, 3.8) is 0 Å². The maximum atomic E-state index is 14.6. The topological polar surface area (TPSA) is 102 Å². The van der Waals surface area contributed by atoms with Crippen molar-refractivity contribution in [2.24, 2.45) is 5.92 Å². The number of carbonyl (C=O) groups is 2. The van der Waals surface area contributed by atoms with Crippen molar-refractivity contribution in [3.8, 4) is 17.2 Å². The molecule has 3 aliphatic rings. The highest BCUT2D eigenvalue weighted by Gasteiger charge is 2.57. The zero-order valence-corrected chi connectivity index (χ0v) is 21.2. The molecule has 2 fully saturated rings. The van der Waals surface area contributed by atoms with Crippen molar-refractivity contribution < 1.29 is 37.0 Å². The van der Waals surface area contributed by atoms with Gasteiger partial charge in [0.15, 0.2) is 11.6 Å². The summed E-state index contributed by atoms with van der Waals surface area (Å²) in [6.45, 7) is 1.79. The van der Waals surface area contributed by atoms with Gasteiger partial charge in [-0.15, -0.1) is 0 Å². The first-order valence-electron chi connectivity index (χ1n) is 12.8. The number of hydrogen-bond acceptors (Lipinski definition) is 7. The predicted molar refractivity (Wildman–Crippen MR) is 136 cm³/mol. The SMILES string of the molecule is O=C(CNc1ccc(Oc2ccc(C(=O)N3CCOCC3)c(F)c2)cn1)N[C@@H]1C2COc3c(F)ccc(F)c3C21. The smallest absolute Gasteiger partial charge is 0.256 e. The molecule has 0 radical (unpaired) electrons. The molecule has 3 heterocycles. The maximum Gasteiger partial charge on any atom is 0.256 e. The fourth-order valence-corrected chi connectivity index (χ4v) is 5.12. The van der Waals surface area contributed by atoms with Gasteiger partial charge in [0.2, 0.25) is 5.91 Å². The molecule has 6 rings (SSSR count). The van der Waals surface area contributed by atoms with Crippen molar-refractivity contribution in [2.75, 3.05) is 44.8 Å². The lowest BCUT2D eigenvalue weighted by molar-refractivity contribution is -0.119. The number of anilines is 1. The summed E-state index contributed by atoms with van der Waals surface area (Å²) in [4.78, 5) is 30.8. The van der Waals surface area contributed by atoms with Crippen LogP contribution in [0.25, 0.3) is 0 Å². The number of fused-ring (bicyclic) bond motifs is 3. The van der Waals surface area contributed by atoms with E-state index in [0.717, 1.165) is 18.2 Å². The van der Waals surface area contributed by atoms with Gasteiger partial charge in [-0.05, 0) is 36.4 Å². The number of benzene rings is 2. The van der Waals surface area contributed by atoms with Crippen LogP contribution in [0.4, 0.5) is 19.0 Å². The molecule has 3 aromatic rings. The second-order valence-corrected chi connectivity index (χ2v) is 9.75. The van der Waals surface area contributed by atoms with E-state index in [1.807, 2.05) is 0 Å². The van der Waals surface area contributed by atoms with E-state index >= 15 is 0 Å². The van der Waals surface area contributed by atoms with E-state index in [2.05, 4.69) is 15.6 Å². The minimum absolute atomic E-state index is 0.0373. The van der Waals surface area contributed by atoms with Gasteiger partial charge in [-0.1, -0.05) is 0 Å². The number of amides is 2. The average Bonchev–Trinajstić information content (AvgIpc) is 3.67. The number of pyridine rings is 1. The van der Waals surface area contributed by atoms with E-state index in [1.165, 1.54) is 18.3 Å². The number of nitrogens with one attached hydrogen (secondary N) is 2. The normalized spacial score (nSPS) is 21.0. The van der Waals surface area contributed by atoms with Gasteiger partial charge >= 0.3 is 0 Å². The van der Waals surface area contributed by atoms with E-state index in [0.29, 0.717) is 37.9 Å². The number of aromatic nitrogens is 1. The summed E-state index contributed by atoms with van der Waals surface area (Å²) in [5.41, 5.74) is 0.134. The van der Waals surface area contributed by atoms with E-state index in [1.54, 1.807) is 17.0 Å². The summed E-state index contributed by atoms with van der Waals surface area (Å²) in [5.74, 6) is -2.17. The van der Waals surface area contributed by atoms with Crippen LogP contribution in [0.2, 0.25) is 0 Å². The molecule has 2 unspecified atom stereocenters. The molecule has 1 saturated carbocycles. The molecule has 40 heavy (non-hydrogen) atoms. The van der Waals surface area contributed by atoms with Crippen LogP contribution in [-0.4, -0.2) is 67.2 Å². The van der Waals surface area contributed by atoms with Gasteiger partial charge in [-0.25, -0.2) is 18.2 Å². The van der Waals surface area contributed by atoms with Crippen LogP contribution in [0.5, 0.6) is 17.2 Å². The van der Waals surface area contributed by atoms with Gasteiger partial charge in [0.05, 0.1) is 38.1 Å². The highest BCUT2D eigenvalue weighted by molar-refractivity contribution is 5.94. The summed E-state index contributed by atoms with van der Waals surface area (Å²) in [6.07, 6.45) is 1.41. The fourth-order valence-electron chi connectivity index (χ4n) is 5.12. The second kappa shape index (κ2) is 10.7. The highest BCUT2D eigenvalue weighted by Crippen LogP contribution is 2.55. The number of ether oxygens (including phenoxy) is 3. The number of morpholine rings is 1. The molecule has 0 bridgehead atoms. The molecule has 1 saturated heterocycles. The third kappa shape index (κ3) is 5.14. The van der Waals surface area contributed by atoms with Crippen molar-refractivity contribution in [2.45, 2.75) is 12.0 Å². The van der Waals surface area contributed by atoms with Crippen LogP contribution in [0.3, 0.4) is 0 Å². The summed E-state index contributed by atoms with van der Waals surface area (Å²) >= 11 is 0. The zero-order valence-electron chi connectivity index (χ0n) is 21.2. The maximum absolute atomic E-state index is 14.6. The van der Waals surface area contributed by atoms with E-state index in [9.17, 15) is 22.8 Å². The Bertz CT molecular complexity index is 1450. The Labute approximate surface area is 227 Å². The quantitative estimate of drug-likeness (QED) is 0.461. The molecule has 2 aromatic carbocycles. The molecule has 3 atom stereocenters. The molecule has 2 aliphatic heterocycles. The van der Waals surface area contributed by atoms with Crippen LogP contribution < -0.4 is 20.1 Å². The molecule has 1 aliphatic carbocycles. The van der Waals surface area contributed by atoms with Crippen molar-refractivity contribution in [3.05, 3.63) is 77.2 Å². The molecule has 0 spiro atoms. The first-order chi connectivity index (χ1) is 19.4. The van der Waals surface area contributed by atoms with Crippen molar-refractivity contribution >= 4 is 17.6 Å². The monoisotopic (exact) mass is 554 g/mol. The first kappa shape index (κ1) is 25.9. The van der Waals surface area contributed by atoms with Crippen LogP contribution in [0, 0.1) is 23.4 Å². The predicted octanol–water partition coefficient (Wildman–Crippen LogP) is 3.47. The minimum atomic E-state index is -0.690. The largest absolute Gasteiger partial charge is 0.490 e. The standard InChI is InChI=1S/C28H25F3N4O5/c29-19-4-5-20(30)27-25(19)24-18(14-39-27)26(24)34-23(36)13-33-22-6-2-16(12-32-22)40-15-1-3-17(21(31)11-15)28(37)35-7-9-38-10-8-35/h1-6,11-12,18,24,26H,7-10,13-14H2,(H,32,33)(H,34,36)/t18?,24?,26-/m1/s1. The summed E-state index contributed by atoms with van der Waals surface area (Å²) in [7, 11) is 0. The third-order valence-corrected chi connectivity index (χ3v) is 7.22. The molecule has 1 aromatic heterocycles. The Morgan fingerprint density at radius 1 is 1.00 bits per heavy atom. The zero-order chi connectivity index (χ0) is 27.8. The van der Waals surface area contributed by atoms with Crippen LogP contribution in [-0.2, 0) is 9.53 Å². The molecule has 12 heteroatoms. The molecule has 9 nitrogen and oxygen atoms in total. The number of hydrogen-bond donors (Lipinski definition) is 2. The van der Waals surface area contributed by atoms with Gasteiger partial charge in [-0.2, -0.15) is 0 Å². The molecular formula is C28H25F3N4O5. The van der Waals surface area contributed by atoms with Crippen LogP contribution in [0.1, 0.15) is 21.8 Å². The summed E-state index contributed by atoms with van der Waals surface area (Å²) in [6, 6.07) is 8.98. The van der Waals surface area contributed by atoms with Crippen molar-refractivity contribution in [1.82, 2.24) is 15.2 Å². The highest BCUT2D eigenvalue weighted by atomic mass is 19.1. The Hall–Kier alpha value is -4.32. The Balaban J connectivity index is 1.00. The van der Waals surface area contributed by atoms with E-state index in [-0.39, 0.29) is 59.6 Å².